The molecule has 0 aliphatic carbocycles. The fourth-order valence-electron chi connectivity index (χ4n) is 2.49. The summed E-state index contributed by atoms with van der Waals surface area (Å²) >= 11 is 6.26. The number of nitrogens with zero attached hydrogens (tertiary/aromatic N) is 2. The minimum atomic E-state index is -0.214. The third-order valence-electron chi connectivity index (χ3n) is 3.79. The summed E-state index contributed by atoms with van der Waals surface area (Å²) in [7, 11) is 0. The molecule has 132 valence electrons. The second kappa shape index (κ2) is 8.45. The Bertz CT molecular complexity index is 899. The predicted molar refractivity (Wildman–Crippen MR) is 104 cm³/mol. The standard InChI is InChI=1S/C20H19ClN4O/c1-2-22-20(26)16-13-24-18(15-10-6-7-11-17(15)21)25-19(16)23-12-14-8-4-3-5-9-14/h3-11,13H,2,12H2,1H3,(H,22,26)(H,23,24,25). The molecule has 0 unspecified atom stereocenters. The van der Waals surface area contributed by atoms with Gasteiger partial charge in [0, 0.05) is 24.8 Å². The maximum Gasteiger partial charge on any atom is 0.256 e. The zero-order valence-electron chi connectivity index (χ0n) is 14.4. The Morgan fingerprint density at radius 1 is 1.08 bits per heavy atom. The van der Waals surface area contributed by atoms with Gasteiger partial charge in [0.2, 0.25) is 0 Å². The summed E-state index contributed by atoms with van der Waals surface area (Å²) in [5.74, 6) is 0.734. The van der Waals surface area contributed by atoms with Crippen molar-refractivity contribution in [2.45, 2.75) is 13.5 Å². The minimum absolute atomic E-state index is 0.214. The van der Waals surface area contributed by atoms with Gasteiger partial charge in [0.1, 0.15) is 11.4 Å². The van der Waals surface area contributed by atoms with E-state index < -0.39 is 0 Å². The van der Waals surface area contributed by atoms with Gasteiger partial charge in [-0.3, -0.25) is 4.79 Å². The molecular weight excluding hydrogens is 348 g/mol. The van der Waals surface area contributed by atoms with Gasteiger partial charge < -0.3 is 10.6 Å². The number of halogens is 1. The molecule has 1 heterocycles. The lowest BCUT2D eigenvalue weighted by Gasteiger charge is -2.12. The zero-order chi connectivity index (χ0) is 18.4. The number of carbonyl (C=O) groups excluding carboxylic acids is 1. The van der Waals surface area contributed by atoms with Crippen LogP contribution in [0.25, 0.3) is 11.4 Å². The van der Waals surface area contributed by atoms with Crippen LogP contribution in [0.4, 0.5) is 5.82 Å². The number of anilines is 1. The Balaban J connectivity index is 1.95. The first kappa shape index (κ1) is 17.9. The number of rotatable bonds is 6. The average Bonchev–Trinajstić information content (AvgIpc) is 2.67. The average molecular weight is 367 g/mol. The Morgan fingerprint density at radius 2 is 1.81 bits per heavy atom. The van der Waals surface area contributed by atoms with E-state index in [0.717, 1.165) is 11.1 Å². The van der Waals surface area contributed by atoms with Crippen LogP contribution in [0.1, 0.15) is 22.8 Å². The van der Waals surface area contributed by atoms with Crippen LogP contribution >= 0.6 is 11.6 Å². The van der Waals surface area contributed by atoms with Crippen LogP contribution in [-0.4, -0.2) is 22.4 Å². The van der Waals surface area contributed by atoms with Crippen molar-refractivity contribution < 1.29 is 4.79 Å². The van der Waals surface area contributed by atoms with E-state index in [4.69, 9.17) is 11.6 Å². The molecule has 0 saturated heterocycles. The van der Waals surface area contributed by atoms with E-state index in [1.165, 1.54) is 6.20 Å². The summed E-state index contributed by atoms with van der Waals surface area (Å²) in [4.78, 5) is 21.2. The van der Waals surface area contributed by atoms with Gasteiger partial charge in [-0.25, -0.2) is 9.97 Å². The van der Waals surface area contributed by atoms with Crippen LogP contribution in [0.15, 0.2) is 60.8 Å². The number of nitrogens with one attached hydrogen (secondary N) is 2. The molecule has 5 nitrogen and oxygen atoms in total. The number of hydrogen-bond acceptors (Lipinski definition) is 4. The molecule has 1 amide bonds. The molecule has 2 N–H and O–H groups in total. The molecule has 3 aromatic rings. The Hall–Kier alpha value is -2.92. The molecule has 0 spiro atoms. The summed E-state index contributed by atoms with van der Waals surface area (Å²) < 4.78 is 0. The monoisotopic (exact) mass is 366 g/mol. The SMILES string of the molecule is CCNC(=O)c1cnc(-c2ccccc2Cl)nc1NCc1ccccc1. The van der Waals surface area contributed by atoms with E-state index >= 15 is 0 Å². The van der Waals surface area contributed by atoms with Crippen LogP contribution < -0.4 is 10.6 Å². The topological polar surface area (TPSA) is 66.9 Å². The molecule has 3 rings (SSSR count). The van der Waals surface area contributed by atoms with Crippen molar-refractivity contribution >= 4 is 23.3 Å². The van der Waals surface area contributed by atoms with Gasteiger partial charge in [0.25, 0.3) is 5.91 Å². The smallest absolute Gasteiger partial charge is 0.256 e. The first-order valence-corrected chi connectivity index (χ1v) is 8.74. The van der Waals surface area contributed by atoms with E-state index in [0.29, 0.717) is 35.3 Å². The van der Waals surface area contributed by atoms with E-state index in [2.05, 4.69) is 20.6 Å². The molecule has 0 fully saturated rings. The fourth-order valence-corrected chi connectivity index (χ4v) is 2.71. The minimum Gasteiger partial charge on any atom is -0.365 e. The van der Waals surface area contributed by atoms with Crippen LogP contribution in [0, 0.1) is 0 Å². The lowest BCUT2D eigenvalue weighted by atomic mass is 10.2. The first-order chi connectivity index (χ1) is 12.7. The number of amides is 1. The number of aromatic nitrogens is 2. The Morgan fingerprint density at radius 3 is 2.54 bits per heavy atom. The van der Waals surface area contributed by atoms with Gasteiger partial charge >= 0.3 is 0 Å². The lowest BCUT2D eigenvalue weighted by molar-refractivity contribution is 0.0956. The second-order valence-corrected chi connectivity index (χ2v) is 6.04. The summed E-state index contributed by atoms with van der Waals surface area (Å²) in [6.45, 7) is 2.95. The lowest BCUT2D eigenvalue weighted by Crippen LogP contribution is -2.24. The maximum absolute atomic E-state index is 12.3. The summed E-state index contributed by atoms with van der Waals surface area (Å²) in [6, 6.07) is 17.3. The molecule has 0 aliphatic rings. The number of benzene rings is 2. The van der Waals surface area contributed by atoms with Crippen LogP contribution in [0.2, 0.25) is 5.02 Å². The van der Waals surface area contributed by atoms with E-state index in [-0.39, 0.29) is 5.91 Å². The number of carbonyl (C=O) groups is 1. The molecule has 26 heavy (non-hydrogen) atoms. The largest absolute Gasteiger partial charge is 0.365 e. The molecule has 0 radical (unpaired) electrons. The maximum atomic E-state index is 12.3. The molecule has 0 atom stereocenters. The molecule has 0 aliphatic heterocycles. The van der Waals surface area contributed by atoms with Crippen molar-refractivity contribution in [3.05, 3.63) is 76.9 Å². The highest BCUT2D eigenvalue weighted by atomic mass is 35.5. The summed E-state index contributed by atoms with van der Waals surface area (Å²) in [5.41, 5.74) is 2.21. The summed E-state index contributed by atoms with van der Waals surface area (Å²) in [6.07, 6.45) is 1.53. The van der Waals surface area contributed by atoms with E-state index in [1.807, 2.05) is 55.5 Å². The van der Waals surface area contributed by atoms with Crippen molar-refractivity contribution in [1.82, 2.24) is 15.3 Å². The quantitative estimate of drug-likeness (QED) is 0.687. The van der Waals surface area contributed by atoms with Crippen molar-refractivity contribution in [3.63, 3.8) is 0 Å². The van der Waals surface area contributed by atoms with Crippen LogP contribution in [0.3, 0.4) is 0 Å². The highest BCUT2D eigenvalue weighted by Gasteiger charge is 2.16. The highest BCUT2D eigenvalue weighted by Crippen LogP contribution is 2.26. The van der Waals surface area contributed by atoms with Gasteiger partial charge in [-0.2, -0.15) is 0 Å². The predicted octanol–water partition coefficient (Wildman–Crippen LogP) is 4.16. The van der Waals surface area contributed by atoms with E-state index in [9.17, 15) is 4.79 Å². The highest BCUT2D eigenvalue weighted by molar-refractivity contribution is 6.33. The third kappa shape index (κ3) is 4.18. The number of hydrogen-bond donors (Lipinski definition) is 2. The molecule has 0 saturated carbocycles. The fraction of sp³-hybridized carbons (Fsp3) is 0.150. The Labute approximate surface area is 157 Å². The molecule has 2 aromatic carbocycles. The first-order valence-electron chi connectivity index (χ1n) is 8.37. The van der Waals surface area contributed by atoms with Gasteiger partial charge in [-0.05, 0) is 24.6 Å². The third-order valence-corrected chi connectivity index (χ3v) is 4.12. The van der Waals surface area contributed by atoms with Gasteiger partial charge in [-0.15, -0.1) is 0 Å². The van der Waals surface area contributed by atoms with Crippen molar-refractivity contribution in [2.24, 2.45) is 0 Å². The summed E-state index contributed by atoms with van der Waals surface area (Å²) in [5, 5.41) is 6.59. The molecule has 1 aromatic heterocycles. The van der Waals surface area contributed by atoms with Crippen molar-refractivity contribution in [2.75, 3.05) is 11.9 Å². The van der Waals surface area contributed by atoms with Crippen molar-refractivity contribution in [1.29, 1.82) is 0 Å². The van der Waals surface area contributed by atoms with Gasteiger partial charge in [0.15, 0.2) is 5.82 Å². The Kier molecular flexibility index (Phi) is 5.81. The van der Waals surface area contributed by atoms with Crippen molar-refractivity contribution in [3.8, 4) is 11.4 Å². The normalized spacial score (nSPS) is 10.4. The van der Waals surface area contributed by atoms with Gasteiger partial charge in [-0.1, -0.05) is 54.1 Å². The zero-order valence-corrected chi connectivity index (χ0v) is 15.1. The molecule has 0 bridgehead atoms. The van der Waals surface area contributed by atoms with Gasteiger partial charge in [0.05, 0.1) is 5.02 Å². The molecular formula is C20H19ClN4O. The van der Waals surface area contributed by atoms with Crippen LogP contribution in [-0.2, 0) is 6.54 Å². The van der Waals surface area contributed by atoms with Crippen LogP contribution in [0.5, 0.6) is 0 Å². The molecule has 6 heteroatoms. The van der Waals surface area contributed by atoms with E-state index in [1.54, 1.807) is 6.07 Å². The second-order valence-electron chi connectivity index (χ2n) is 5.63.